The van der Waals surface area contributed by atoms with E-state index in [2.05, 4.69) is 4.74 Å². The molecule has 0 aromatic rings. The maximum absolute atomic E-state index is 10.5. The molecular weight excluding hydrogens is 359 g/mol. The van der Waals surface area contributed by atoms with Crippen molar-refractivity contribution in [3.8, 4) is 0 Å². The molecule has 0 aliphatic carbocycles. The van der Waals surface area contributed by atoms with Crippen molar-refractivity contribution in [3.63, 3.8) is 0 Å². The van der Waals surface area contributed by atoms with Crippen LogP contribution in [0.3, 0.4) is 0 Å². The van der Waals surface area contributed by atoms with Gasteiger partial charge >= 0.3 is 75.1 Å². The molecule has 0 aromatic heterocycles. The van der Waals surface area contributed by atoms with Gasteiger partial charge in [0, 0.05) is 0 Å². The van der Waals surface area contributed by atoms with E-state index in [4.69, 9.17) is 50.6 Å². The molecule has 23 heavy (non-hydrogen) atoms. The van der Waals surface area contributed by atoms with E-state index in [9.17, 15) is 4.79 Å². The van der Waals surface area contributed by atoms with Gasteiger partial charge in [-0.2, -0.15) is 0 Å². The van der Waals surface area contributed by atoms with Gasteiger partial charge in [0.2, 0.25) is 5.76 Å². The number of ether oxygens (including phenoxy) is 1. The standard InChI is InChI=1S/C6H8O6.2BO3.3Mg/c7-1-2(8)5-3(9)4(10)6(11)12-5;2*2-1(3)4;;;/h2,5,7-10H,1H2;;;;;/q;2*-3;3*+2/t2-,5+;;;;;/m0...../s1. The van der Waals surface area contributed by atoms with Gasteiger partial charge in [0.1, 0.15) is 6.10 Å². The Balaban J connectivity index is -0.0000000844. The van der Waals surface area contributed by atoms with Crippen LogP contribution in [-0.2, 0) is 9.53 Å². The second-order valence-electron chi connectivity index (χ2n) is 2.89. The largest absolute Gasteiger partial charge is 2.00 e. The third-order valence-corrected chi connectivity index (χ3v) is 1.48. The van der Waals surface area contributed by atoms with Gasteiger partial charge in [-0.05, 0) is 0 Å². The minimum atomic E-state index is -2.92. The van der Waals surface area contributed by atoms with Crippen LogP contribution in [-0.4, -0.2) is 129 Å². The van der Waals surface area contributed by atoms with Crippen molar-refractivity contribution in [2.24, 2.45) is 0 Å². The average molecular weight is 367 g/mol. The minimum absolute atomic E-state index is 0. The van der Waals surface area contributed by atoms with Crippen molar-refractivity contribution in [1.82, 2.24) is 0 Å². The molecule has 0 unspecified atom stereocenters. The number of hydrogen-bond acceptors (Lipinski definition) is 12. The third-order valence-electron chi connectivity index (χ3n) is 1.48. The van der Waals surface area contributed by atoms with Gasteiger partial charge in [0.15, 0.2) is 11.9 Å². The Morgan fingerprint density at radius 3 is 1.48 bits per heavy atom. The van der Waals surface area contributed by atoms with Crippen LogP contribution in [0.1, 0.15) is 0 Å². The van der Waals surface area contributed by atoms with Crippen LogP contribution in [0.25, 0.3) is 0 Å². The SMILES string of the molecule is O=C1O[C@H]([C@@H](O)CO)C(O)=C1O.[Mg+2].[Mg+2].[Mg+2].[O-]B([O-])[O-].[O-]B([O-])[O-]. The van der Waals surface area contributed by atoms with Crippen molar-refractivity contribution in [2.45, 2.75) is 12.2 Å². The quantitative estimate of drug-likeness (QED) is 0.262. The fraction of sp³-hybridized carbons (Fsp3) is 0.500. The van der Waals surface area contributed by atoms with Crippen LogP contribution in [0.4, 0.5) is 0 Å². The van der Waals surface area contributed by atoms with Gasteiger partial charge in [-0.25, -0.2) is 4.79 Å². The number of hydrogen-bond donors (Lipinski definition) is 4. The Bertz CT molecular complexity index is 318. The Labute approximate surface area is 179 Å². The van der Waals surface area contributed by atoms with Crippen molar-refractivity contribution >= 4 is 89.8 Å². The van der Waals surface area contributed by atoms with E-state index in [0.717, 1.165) is 0 Å². The third kappa shape index (κ3) is 19.1. The molecule has 1 aliphatic rings. The molecule has 2 atom stereocenters. The molecule has 0 saturated carbocycles. The smallest absolute Gasteiger partial charge is 0.907 e. The molecule has 1 aliphatic heterocycles. The summed E-state index contributed by atoms with van der Waals surface area (Å²) in [6.07, 6.45) is -2.78. The summed E-state index contributed by atoms with van der Waals surface area (Å²) in [7, 11) is -5.83. The van der Waals surface area contributed by atoms with Crippen LogP contribution in [0.2, 0.25) is 0 Å². The first-order valence-corrected chi connectivity index (χ1v) is 4.61. The summed E-state index contributed by atoms with van der Waals surface area (Å²) in [5, 5.41) is 85.5. The topological polar surface area (TPSA) is 246 Å². The summed E-state index contributed by atoms with van der Waals surface area (Å²) in [4.78, 5) is 10.5. The molecule has 0 bridgehead atoms. The Kier molecular flexibility index (Phi) is 29.4. The summed E-state index contributed by atoms with van der Waals surface area (Å²) < 4.78 is 4.32. The molecule has 12 nitrogen and oxygen atoms in total. The molecule has 17 heteroatoms. The predicted molar refractivity (Wildman–Crippen MR) is 64.0 cm³/mol. The second-order valence-corrected chi connectivity index (χ2v) is 2.89. The summed E-state index contributed by atoms with van der Waals surface area (Å²) >= 11 is 0. The molecule has 0 aromatic carbocycles. The molecule has 1 heterocycles. The van der Waals surface area contributed by atoms with Gasteiger partial charge < -0.3 is 55.3 Å². The van der Waals surface area contributed by atoms with Crippen LogP contribution in [0, 0.1) is 0 Å². The van der Waals surface area contributed by atoms with Crippen molar-refractivity contribution in [3.05, 3.63) is 11.5 Å². The number of aliphatic hydroxyl groups is 4. The molecular formula is C6H8B2Mg3O12. The maximum atomic E-state index is 10.5. The van der Waals surface area contributed by atoms with Crippen molar-refractivity contribution in [1.29, 1.82) is 0 Å². The van der Waals surface area contributed by atoms with Gasteiger partial charge in [0.05, 0.1) is 6.61 Å². The van der Waals surface area contributed by atoms with Gasteiger partial charge in [-0.15, -0.1) is 0 Å². The van der Waals surface area contributed by atoms with E-state index in [-0.39, 0.29) is 69.2 Å². The number of rotatable bonds is 2. The van der Waals surface area contributed by atoms with Crippen molar-refractivity contribution in [2.75, 3.05) is 6.61 Å². The zero-order valence-electron chi connectivity index (χ0n) is 11.7. The van der Waals surface area contributed by atoms with Gasteiger partial charge in [-0.3, -0.25) is 14.6 Å². The van der Waals surface area contributed by atoms with E-state index in [1.165, 1.54) is 0 Å². The van der Waals surface area contributed by atoms with Crippen molar-refractivity contribution < 1.29 is 60.1 Å². The summed E-state index contributed by atoms with van der Waals surface area (Å²) in [6.45, 7) is -0.671. The molecule has 1 rings (SSSR count). The Morgan fingerprint density at radius 1 is 1.00 bits per heavy atom. The second kappa shape index (κ2) is 19.2. The molecule has 4 N–H and O–H groups in total. The average Bonchev–Trinajstić information content (AvgIpc) is 2.54. The normalized spacial score (nSPS) is 15.8. The number of carbonyl (C=O) groups is 1. The monoisotopic (exact) mass is 366 g/mol. The molecule has 0 amide bonds. The van der Waals surface area contributed by atoms with Crippen LogP contribution >= 0.6 is 0 Å². The van der Waals surface area contributed by atoms with Crippen LogP contribution in [0.15, 0.2) is 11.5 Å². The summed E-state index contributed by atoms with van der Waals surface area (Å²) in [5.74, 6) is -2.78. The van der Waals surface area contributed by atoms with Gasteiger partial charge in [0.25, 0.3) is 0 Å². The van der Waals surface area contributed by atoms with E-state index < -0.39 is 50.9 Å². The van der Waals surface area contributed by atoms with Gasteiger partial charge in [-0.1, -0.05) is 0 Å². The first kappa shape index (κ1) is 35.1. The number of aliphatic hydroxyl groups excluding tert-OH is 4. The predicted octanol–water partition coefficient (Wildman–Crippen LogP) is -10.4. The Morgan fingerprint density at radius 2 is 1.30 bits per heavy atom. The number of esters is 1. The van der Waals surface area contributed by atoms with Crippen LogP contribution in [0.5, 0.6) is 0 Å². The number of cyclic esters (lactones) is 1. The Hall–Kier alpha value is 0.919. The fourth-order valence-electron chi connectivity index (χ4n) is 0.823. The fourth-order valence-corrected chi connectivity index (χ4v) is 0.823. The van der Waals surface area contributed by atoms with Crippen LogP contribution < -0.4 is 30.1 Å². The zero-order valence-corrected chi connectivity index (χ0v) is 15.9. The molecule has 0 fully saturated rings. The summed E-state index contributed by atoms with van der Waals surface area (Å²) in [6, 6.07) is 0. The molecule has 0 saturated heterocycles. The molecule has 116 valence electrons. The molecule has 0 spiro atoms. The summed E-state index contributed by atoms with van der Waals surface area (Å²) in [5.41, 5.74) is 0. The van der Waals surface area contributed by atoms with E-state index in [1.54, 1.807) is 0 Å². The minimum Gasteiger partial charge on any atom is -0.907 e. The van der Waals surface area contributed by atoms with E-state index >= 15 is 0 Å². The first-order chi connectivity index (χ1) is 9.04. The maximum Gasteiger partial charge on any atom is 2.00 e. The van der Waals surface area contributed by atoms with E-state index in [1.807, 2.05) is 0 Å². The first-order valence-electron chi connectivity index (χ1n) is 4.61. The van der Waals surface area contributed by atoms with E-state index in [0.29, 0.717) is 0 Å². The molecule has 0 radical (unpaired) electrons. The number of carbonyl (C=O) groups excluding carboxylic acids is 1. The zero-order chi connectivity index (χ0) is 16.5.